The van der Waals surface area contributed by atoms with Crippen LogP contribution in [0.2, 0.25) is 0 Å². The third kappa shape index (κ3) is 6.68. The van der Waals surface area contributed by atoms with Gasteiger partial charge in [0.1, 0.15) is 24.7 Å². The van der Waals surface area contributed by atoms with Crippen molar-refractivity contribution in [3.63, 3.8) is 0 Å². The van der Waals surface area contributed by atoms with Crippen LogP contribution in [0, 0.1) is 13.8 Å². The number of aromatic nitrogens is 4. The molecule has 4 N–H and O–H groups in total. The standard InChI is InChI=1S/C27H31N4O11P/c1-14-10-30(26(37)28-23(14)34)21-8-17(33)20(41-21)13-39-43(25(36)16-6-4-3-5-7-16)42-18-9-22(40-19(18)12-32)31-11-15(2)24(35)29-27(31)38/h3-7,10-11,17-22,32-33H,8-9,12-13H2,1-2H3,(H,28,34,37)(H,29,35,38)/t17-,18-,19+,20+,21+,22+,43?/m0/s1. The summed E-state index contributed by atoms with van der Waals surface area (Å²) in [7, 11) is -2.35. The number of aromatic amines is 2. The zero-order valence-electron chi connectivity index (χ0n) is 23.2. The highest BCUT2D eigenvalue weighted by Gasteiger charge is 2.42. The lowest BCUT2D eigenvalue weighted by Gasteiger charge is -2.24. The van der Waals surface area contributed by atoms with Crippen LogP contribution in [0.4, 0.5) is 0 Å². The van der Waals surface area contributed by atoms with Crippen LogP contribution < -0.4 is 22.5 Å². The number of benzene rings is 1. The first-order chi connectivity index (χ1) is 20.5. The Morgan fingerprint density at radius 3 is 2.07 bits per heavy atom. The maximum absolute atomic E-state index is 13.5. The number of ether oxygens (including phenoxy) is 2. The highest BCUT2D eigenvalue weighted by molar-refractivity contribution is 7.66. The predicted molar refractivity (Wildman–Crippen MR) is 151 cm³/mol. The van der Waals surface area contributed by atoms with Crippen LogP contribution in [-0.2, 0) is 18.5 Å². The Labute approximate surface area is 244 Å². The van der Waals surface area contributed by atoms with Crippen molar-refractivity contribution in [2.75, 3.05) is 13.2 Å². The highest BCUT2D eigenvalue weighted by Crippen LogP contribution is 2.47. The molecule has 16 heteroatoms. The van der Waals surface area contributed by atoms with Gasteiger partial charge in [-0.25, -0.2) is 9.59 Å². The molecule has 7 atom stereocenters. The summed E-state index contributed by atoms with van der Waals surface area (Å²) in [6.07, 6.45) is -2.80. The lowest BCUT2D eigenvalue weighted by Crippen LogP contribution is -2.33. The van der Waals surface area contributed by atoms with Crippen molar-refractivity contribution in [1.29, 1.82) is 0 Å². The SMILES string of the molecule is Cc1cn([C@H]2C[C@H](OP(OC[C@H]3O[C@@H](n4cc(C)c(=O)[nH]c4=O)C[C@@H]3O)C(=O)c3ccccc3)[C@@H](CO)O2)c(=O)[nH]c1=O. The highest BCUT2D eigenvalue weighted by atomic mass is 31.2. The maximum Gasteiger partial charge on any atom is 0.330 e. The molecule has 2 aromatic heterocycles. The minimum absolute atomic E-state index is 0.0307. The number of hydrogen-bond donors (Lipinski definition) is 4. The smallest absolute Gasteiger partial charge is 0.330 e. The number of hydrogen-bond acceptors (Lipinski definition) is 11. The van der Waals surface area contributed by atoms with Gasteiger partial charge in [-0.05, 0) is 13.8 Å². The first-order valence-electron chi connectivity index (χ1n) is 13.5. The van der Waals surface area contributed by atoms with Crippen molar-refractivity contribution in [2.45, 2.75) is 63.6 Å². The molecule has 1 aromatic carbocycles. The molecule has 2 aliphatic rings. The van der Waals surface area contributed by atoms with E-state index in [-0.39, 0.29) is 30.6 Å². The van der Waals surface area contributed by atoms with E-state index in [1.165, 1.54) is 35.4 Å². The van der Waals surface area contributed by atoms with Gasteiger partial charge in [-0.3, -0.25) is 33.5 Å². The van der Waals surface area contributed by atoms with Gasteiger partial charge in [0.2, 0.25) is 13.9 Å². The molecular weight excluding hydrogens is 587 g/mol. The van der Waals surface area contributed by atoms with E-state index in [2.05, 4.69) is 9.97 Å². The van der Waals surface area contributed by atoms with E-state index in [0.29, 0.717) is 5.56 Å². The molecule has 0 saturated carbocycles. The number of carbonyl (C=O) groups excluding carboxylic acids is 1. The Balaban J connectivity index is 1.33. The summed E-state index contributed by atoms with van der Waals surface area (Å²) in [6, 6.07) is 8.27. The van der Waals surface area contributed by atoms with Gasteiger partial charge in [0, 0.05) is 41.9 Å². The molecule has 0 spiro atoms. The van der Waals surface area contributed by atoms with Crippen LogP contribution in [0.25, 0.3) is 0 Å². The third-order valence-electron chi connectivity index (χ3n) is 7.25. The normalized spacial score (nSPS) is 26.0. The Morgan fingerprint density at radius 2 is 1.49 bits per heavy atom. The minimum Gasteiger partial charge on any atom is -0.394 e. The fraction of sp³-hybridized carbons (Fsp3) is 0.444. The number of aryl methyl sites for hydroxylation is 2. The second-order valence-corrected chi connectivity index (χ2v) is 11.7. The Kier molecular flexibility index (Phi) is 9.32. The molecule has 230 valence electrons. The van der Waals surface area contributed by atoms with E-state index < -0.39 is 79.9 Å². The first kappa shape index (κ1) is 30.9. The van der Waals surface area contributed by atoms with Crippen LogP contribution in [0.5, 0.6) is 0 Å². The van der Waals surface area contributed by atoms with E-state index in [1.807, 2.05) is 0 Å². The van der Waals surface area contributed by atoms with Crippen molar-refractivity contribution < 1.29 is 33.5 Å². The number of aliphatic hydroxyl groups excluding tert-OH is 2. The average molecular weight is 619 g/mol. The van der Waals surface area contributed by atoms with E-state index in [0.717, 1.165) is 0 Å². The maximum atomic E-state index is 13.5. The molecule has 2 aliphatic heterocycles. The first-order valence-corrected chi connectivity index (χ1v) is 14.7. The van der Waals surface area contributed by atoms with Crippen molar-refractivity contribution in [3.05, 3.63) is 101 Å². The van der Waals surface area contributed by atoms with Crippen LogP contribution in [0.1, 0.15) is 46.8 Å². The summed E-state index contributed by atoms with van der Waals surface area (Å²) in [6.45, 7) is 2.30. The molecule has 2 fully saturated rings. The van der Waals surface area contributed by atoms with E-state index >= 15 is 0 Å². The lowest BCUT2D eigenvalue weighted by atomic mass is 10.2. The van der Waals surface area contributed by atoms with Gasteiger partial charge >= 0.3 is 11.4 Å². The summed E-state index contributed by atoms with van der Waals surface area (Å²) < 4.78 is 26.1. The molecule has 0 radical (unpaired) electrons. The van der Waals surface area contributed by atoms with Crippen molar-refractivity contribution in [2.24, 2.45) is 0 Å². The van der Waals surface area contributed by atoms with Crippen molar-refractivity contribution in [3.8, 4) is 0 Å². The van der Waals surface area contributed by atoms with Crippen LogP contribution in [-0.4, -0.2) is 72.5 Å². The Hall–Kier alpha value is -3.56. The van der Waals surface area contributed by atoms with Gasteiger partial charge in [-0.1, -0.05) is 30.3 Å². The van der Waals surface area contributed by atoms with Gasteiger partial charge in [0.05, 0.1) is 25.4 Å². The molecule has 2 saturated heterocycles. The molecule has 4 heterocycles. The van der Waals surface area contributed by atoms with Crippen LogP contribution in [0.15, 0.2) is 61.9 Å². The third-order valence-corrected chi connectivity index (χ3v) is 8.69. The number of carbonyl (C=O) groups is 1. The predicted octanol–water partition coefficient (Wildman–Crippen LogP) is 0.186. The molecular formula is C27H31N4O11P. The second-order valence-electron chi connectivity index (χ2n) is 10.3. The summed E-state index contributed by atoms with van der Waals surface area (Å²) in [5, 5.41) is 20.7. The zero-order chi connectivity index (χ0) is 30.8. The quantitative estimate of drug-likeness (QED) is 0.226. The van der Waals surface area contributed by atoms with E-state index in [1.54, 1.807) is 30.3 Å². The Morgan fingerprint density at radius 1 is 0.930 bits per heavy atom. The number of nitrogens with zero attached hydrogens (tertiary/aromatic N) is 2. The molecule has 0 bridgehead atoms. The zero-order valence-corrected chi connectivity index (χ0v) is 24.1. The van der Waals surface area contributed by atoms with Crippen molar-refractivity contribution in [1.82, 2.24) is 19.1 Å². The molecule has 15 nitrogen and oxygen atoms in total. The summed E-state index contributed by atoms with van der Waals surface area (Å²) in [5.41, 5.74) is -2.06. The average Bonchev–Trinajstić information content (AvgIpc) is 3.57. The number of H-pyrrole nitrogens is 2. The lowest BCUT2D eigenvalue weighted by molar-refractivity contribution is -0.0490. The van der Waals surface area contributed by atoms with Crippen molar-refractivity contribution >= 4 is 13.9 Å². The van der Waals surface area contributed by atoms with Gasteiger partial charge in [0.15, 0.2) is 0 Å². The molecule has 0 amide bonds. The van der Waals surface area contributed by atoms with Crippen LogP contribution in [0.3, 0.4) is 0 Å². The Bertz CT molecular complexity index is 1700. The monoisotopic (exact) mass is 618 g/mol. The van der Waals surface area contributed by atoms with Crippen LogP contribution >= 0.6 is 8.38 Å². The topological polar surface area (TPSA) is 204 Å². The molecule has 5 rings (SSSR count). The number of nitrogens with one attached hydrogen (secondary N) is 2. The summed E-state index contributed by atoms with van der Waals surface area (Å²) >= 11 is 0. The summed E-state index contributed by atoms with van der Waals surface area (Å²) in [5.74, 6) is 0. The molecule has 0 aliphatic carbocycles. The second kappa shape index (κ2) is 13.0. The van der Waals surface area contributed by atoms with Gasteiger partial charge in [0.25, 0.3) is 11.1 Å². The van der Waals surface area contributed by atoms with Gasteiger partial charge in [-0.15, -0.1) is 0 Å². The number of aliphatic hydroxyl groups is 2. The molecule has 43 heavy (non-hydrogen) atoms. The minimum atomic E-state index is -2.35. The van der Waals surface area contributed by atoms with Gasteiger partial charge in [-0.2, -0.15) is 0 Å². The van der Waals surface area contributed by atoms with E-state index in [9.17, 15) is 34.2 Å². The molecule has 3 aromatic rings. The number of rotatable bonds is 10. The molecule has 1 unspecified atom stereocenters. The van der Waals surface area contributed by atoms with Gasteiger partial charge < -0.3 is 28.7 Å². The van der Waals surface area contributed by atoms with E-state index in [4.69, 9.17) is 18.5 Å². The summed E-state index contributed by atoms with van der Waals surface area (Å²) in [4.78, 5) is 66.2. The fourth-order valence-corrected chi connectivity index (χ4v) is 6.25. The largest absolute Gasteiger partial charge is 0.394 e. The fourth-order valence-electron chi connectivity index (χ4n) is 4.87.